The van der Waals surface area contributed by atoms with Gasteiger partial charge in [-0.2, -0.15) is 0 Å². The van der Waals surface area contributed by atoms with Crippen LogP contribution in [-0.4, -0.2) is 19.0 Å². The highest BCUT2D eigenvalue weighted by Crippen LogP contribution is 2.02. The Bertz CT molecular complexity index is 261. The van der Waals surface area contributed by atoms with Gasteiger partial charge in [-0.05, 0) is 44.3 Å². The summed E-state index contributed by atoms with van der Waals surface area (Å²) in [6.45, 7) is 2.28. The third-order valence-corrected chi connectivity index (χ3v) is 3.17. The van der Waals surface area contributed by atoms with E-state index in [-0.39, 0.29) is 0 Å². The fourth-order valence-corrected chi connectivity index (χ4v) is 2.07. The molecule has 0 heterocycles. The standard InChI is InChI=1S/C15H24ClN/c16-12-6-1-2-7-13-17-14-8-11-15-9-4-3-5-10-15/h3-5,9-10,17H,1-2,6-8,11-14H2. The summed E-state index contributed by atoms with van der Waals surface area (Å²) in [6.07, 6.45) is 7.43. The molecule has 0 bridgehead atoms. The maximum atomic E-state index is 5.63. The van der Waals surface area contributed by atoms with Crippen molar-refractivity contribution in [2.24, 2.45) is 0 Å². The average molecular weight is 254 g/mol. The number of benzene rings is 1. The number of nitrogens with one attached hydrogen (secondary N) is 1. The zero-order valence-corrected chi connectivity index (χ0v) is 11.4. The van der Waals surface area contributed by atoms with Gasteiger partial charge in [0.25, 0.3) is 0 Å². The summed E-state index contributed by atoms with van der Waals surface area (Å²) in [5.41, 5.74) is 1.44. The minimum Gasteiger partial charge on any atom is -0.317 e. The third kappa shape index (κ3) is 8.23. The van der Waals surface area contributed by atoms with Crippen molar-refractivity contribution < 1.29 is 0 Å². The summed E-state index contributed by atoms with van der Waals surface area (Å²) in [7, 11) is 0. The highest BCUT2D eigenvalue weighted by atomic mass is 35.5. The zero-order chi connectivity index (χ0) is 12.2. The van der Waals surface area contributed by atoms with Crippen LogP contribution in [0.3, 0.4) is 0 Å². The molecule has 1 aromatic carbocycles. The second-order valence-corrected chi connectivity index (χ2v) is 4.82. The first-order chi connectivity index (χ1) is 8.43. The second-order valence-electron chi connectivity index (χ2n) is 4.44. The summed E-state index contributed by atoms with van der Waals surface area (Å²) in [6, 6.07) is 10.7. The number of aryl methyl sites for hydroxylation is 1. The lowest BCUT2D eigenvalue weighted by Gasteiger charge is -2.04. The van der Waals surface area contributed by atoms with E-state index in [1.165, 1.54) is 37.7 Å². The molecule has 1 aromatic rings. The molecule has 17 heavy (non-hydrogen) atoms. The van der Waals surface area contributed by atoms with E-state index in [9.17, 15) is 0 Å². The molecule has 2 heteroatoms. The van der Waals surface area contributed by atoms with Gasteiger partial charge in [0.1, 0.15) is 0 Å². The Kier molecular flexibility index (Phi) is 9.07. The van der Waals surface area contributed by atoms with Crippen molar-refractivity contribution in [1.29, 1.82) is 0 Å². The minimum absolute atomic E-state index is 0.810. The lowest BCUT2D eigenvalue weighted by Crippen LogP contribution is -2.17. The maximum absolute atomic E-state index is 5.63. The monoisotopic (exact) mass is 253 g/mol. The third-order valence-electron chi connectivity index (χ3n) is 2.90. The van der Waals surface area contributed by atoms with Gasteiger partial charge in [0.05, 0.1) is 0 Å². The topological polar surface area (TPSA) is 12.0 Å². The van der Waals surface area contributed by atoms with E-state index < -0.39 is 0 Å². The summed E-state index contributed by atoms with van der Waals surface area (Å²) >= 11 is 5.63. The lowest BCUT2D eigenvalue weighted by molar-refractivity contribution is 0.586. The van der Waals surface area contributed by atoms with Crippen molar-refractivity contribution in [1.82, 2.24) is 5.32 Å². The Morgan fingerprint density at radius 1 is 0.824 bits per heavy atom. The van der Waals surface area contributed by atoms with E-state index in [0.29, 0.717) is 0 Å². The molecule has 1 rings (SSSR count). The summed E-state index contributed by atoms with van der Waals surface area (Å²) < 4.78 is 0. The van der Waals surface area contributed by atoms with Gasteiger partial charge in [0.15, 0.2) is 0 Å². The normalized spacial score (nSPS) is 10.6. The fourth-order valence-electron chi connectivity index (χ4n) is 1.89. The van der Waals surface area contributed by atoms with E-state index in [1.54, 1.807) is 0 Å². The van der Waals surface area contributed by atoms with Gasteiger partial charge in [-0.3, -0.25) is 0 Å². The highest BCUT2D eigenvalue weighted by Gasteiger charge is 1.92. The van der Waals surface area contributed by atoms with Crippen molar-refractivity contribution in [2.45, 2.75) is 38.5 Å². The predicted octanol–water partition coefficient (Wildman–Crippen LogP) is 4.01. The van der Waals surface area contributed by atoms with Crippen LogP contribution in [0.1, 0.15) is 37.7 Å². The SMILES string of the molecule is ClCCCCCCNCCCc1ccccc1. The summed E-state index contributed by atoms with van der Waals surface area (Å²) in [5, 5.41) is 3.50. The van der Waals surface area contributed by atoms with Gasteiger partial charge < -0.3 is 5.32 Å². The van der Waals surface area contributed by atoms with Crippen LogP contribution in [0.5, 0.6) is 0 Å². The molecule has 0 unspecified atom stereocenters. The average Bonchev–Trinajstić information content (AvgIpc) is 2.38. The Morgan fingerprint density at radius 3 is 2.29 bits per heavy atom. The van der Waals surface area contributed by atoms with Crippen molar-refractivity contribution in [3.05, 3.63) is 35.9 Å². The Balaban J connectivity index is 1.85. The van der Waals surface area contributed by atoms with Crippen LogP contribution >= 0.6 is 11.6 Å². The molecule has 0 spiro atoms. The van der Waals surface area contributed by atoms with Crippen LogP contribution in [0.25, 0.3) is 0 Å². The molecule has 0 aliphatic carbocycles. The molecule has 0 saturated heterocycles. The first-order valence-electron chi connectivity index (χ1n) is 6.74. The van der Waals surface area contributed by atoms with Crippen molar-refractivity contribution >= 4 is 11.6 Å². The van der Waals surface area contributed by atoms with Crippen LogP contribution in [0.2, 0.25) is 0 Å². The molecule has 0 aromatic heterocycles. The van der Waals surface area contributed by atoms with Gasteiger partial charge in [-0.25, -0.2) is 0 Å². The molecular weight excluding hydrogens is 230 g/mol. The number of hydrogen-bond donors (Lipinski definition) is 1. The predicted molar refractivity (Wildman–Crippen MR) is 76.8 cm³/mol. The number of rotatable bonds is 10. The molecule has 0 radical (unpaired) electrons. The second kappa shape index (κ2) is 10.6. The molecule has 0 saturated carbocycles. The first kappa shape index (κ1) is 14.5. The Hall–Kier alpha value is -0.530. The Morgan fingerprint density at radius 2 is 1.53 bits per heavy atom. The van der Waals surface area contributed by atoms with Crippen LogP contribution in [-0.2, 0) is 6.42 Å². The zero-order valence-electron chi connectivity index (χ0n) is 10.6. The Labute approximate surface area is 111 Å². The van der Waals surface area contributed by atoms with E-state index in [4.69, 9.17) is 11.6 Å². The highest BCUT2D eigenvalue weighted by molar-refractivity contribution is 6.17. The van der Waals surface area contributed by atoms with Crippen molar-refractivity contribution in [2.75, 3.05) is 19.0 Å². The molecule has 1 N–H and O–H groups in total. The molecule has 0 aliphatic heterocycles. The molecule has 0 amide bonds. The maximum Gasteiger partial charge on any atom is 0.0223 e. The summed E-state index contributed by atoms with van der Waals surface area (Å²) in [5.74, 6) is 0.810. The first-order valence-corrected chi connectivity index (χ1v) is 7.27. The van der Waals surface area contributed by atoms with Gasteiger partial charge in [-0.15, -0.1) is 11.6 Å². The fraction of sp³-hybridized carbons (Fsp3) is 0.600. The smallest absolute Gasteiger partial charge is 0.0223 e. The number of alkyl halides is 1. The lowest BCUT2D eigenvalue weighted by atomic mass is 10.1. The van der Waals surface area contributed by atoms with E-state index in [0.717, 1.165) is 25.4 Å². The van der Waals surface area contributed by atoms with Gasteiger partial charge in [0, 0.05) is 5.88 Å². The quantitative estimate of drug-likeness (QED) is 0.491. The van der Waals surface area contributed by atoms with E-state index >= 15 is 0 Å². The molecule has 0 atom stereocenters. The number of halogens is 1. The van der Waals surface area contributed by atoms with Crippen LogP contribution in [0.15, 0.2) is 30.3 Å². The molecular formula is C15H24ClN. The van der Waals surface area contributed by atoms with Crippen LogP contribution in [0, 0.1) is 0 Å². The van der Waals surface area contributed by atoms with E-state index in [2.05, 4.69) is 35.6 Å². The molecule has 0 aliphatic rings. The van der Waals surface area contributed by atoms with Crippen LogP contribution in [0.4, 0.5) is 0 Å². The largest absolute Gasteiger partial charge is 0.317 e. The number of hydrogen-bond acceptors (Lipinski definition) is 1. The van der Waals surface area contributed by atoms with Crippen LogP contribution < -0.4 is 5.32 Å². The molecule has 0 fully saturated rings. The van der Waals surface area contributed by atoms with Crippen molar-refractivity contribution in [3.8, 4) is 0 Å². The number of unbranched alkanes of at least 4 members (excludes halogenated alkanes) is 3. The van der Waals surface area contributed by atoms with Crippen molar-refractivity contribution in [3.63, 3.8) is 0 Å². The summed E-state index contributed by atoms with van der Waals surface area (Å²) in [4.78, 5) is 0. The molecule has 96 valence electrons. The minimum atomic E-state index is 0.810. The molecule has 1 nitrogen and oxygen atoms in total. The van der Waals surface area contributed by atoms with Gasteiger partial charge in [0.2, 0.25) is 0 Å². The van der Waals surface area contributed by atoms with Gasteiger partial charge in [-0.1, -0.05) is 43.2 Å². The van der Waals surface area contributed by atoms with E-state index in [1.807, 2.05) is 0 Å². The van der Waals surface area contributed by atoms with Gasteiger partial charge >= 0.3 is 0 Å².